The van der Waals surface area contributed by atoms with E-state index in [0.29, 0.717) is 35.0 Å². The Balaban J connectivity index is 1.69. The lowest BCUT2D eigenvalue weighted by Gasteiger charge is -2.09. The van der Waals surface area contributed by atoms with Crippen LogP contribution < -0.4 is 5.63 Å². The first kappa shape index (κ1) is 17.4. The average molecular weight is 383 g/mol. The summed E-state index contributed by atoms with van der Waals surface area (Å²) in [5.41, 5.74) is 1.33. The first-order valence-electron chi connectivity index (χ1n) is 8.43. The summed E-state index contributed by atoms with van der Waals surface area (Å²) in [6, 6.07) is 8.50. The normalized spacial score (nSPS) is 11.3. The summed E-state index contributed by atoms with van der Waals surface area (Å²) in [6.45, 7) is 4.43. The maximum atomic E-state index is 12.0. The zero-order valence-electron chi connectivity index (χ0n) is 14.8. The molecule has 0 saturated carbocycles. The quantitative estimate of drug-likeness (QED) is 0.411. The van der Waals surface area contributed by atoms with Gasteiger partial charge in [-0.05, 0) is 43.7 Å². The van der Waals surface area contributed by atoms with Gasteiger partial charge in [-0.3, -0.25) is 4.57 Å². The van der Waals surface area contributed by atoms with Gasteiger partial charge in [-0.2, -0.15) is 0 Å². The molecular formula is C19H17N3O4S. The third kappa shape index (κ3) is 3.12. The van der Waals surface area contributed by atoms with E-state index >= 15 is 0 Å². The van der Waals surface area contributed by atoms with E-state index in [1.54, 1.807) is 25.3 Å². The van der Waals surface area contributed by atoms with Crippen LogP contribution >= 0.6 is 11.8 Å². The Bertz CT molecular complexity index is 1160. The van der Waals surface area contributed by atoms with Gasteiger partial charge in [0.2, 0.25) is 0 Å². The number of aromatic hydroxyl groups is 1. The standard InChI is InChI=1S/C19H17N3O4S/c1-3-22-18(15-5-4-8-25-15)20-21-19(22)27-10-12-9-16(24)26-17-11(2)14(23)7-6-13(12)17/h4-9,23H,3,10H2,1-2H3. The van der Waals surface area contributed by atoms with Crippen molar-refractivity contribution in [3.8, 4) is 17.3 Å². The summed E-state index contributed by atoms with van der Waals surface area (Å²) >= 11 is 1.48. The van der Waals surface area contributed by atoms with Crippen LogP contribution in [0, 0.1) is 6.92 Å². The lowest BCUT2D eigenvalue weighted by atomic mass is 10.1. The van der Waals surface area contributed by atoms with Gasteiger partial charge in [0.25, 0.3) is 0 Å². The zero-order chi connectivity index (χ0) is 19.0. The fourth-order valence-electron chi connectivity index (χ4n) is 2.95. The van der Waals surface area contributed by atoms with E-state index < -0.39 is 5.63 Å². The topological polar surface area (TPSA) is 94.3 Å². The maximum absolute atomic E-state index is 12.0. The second-order valence-electron chi connectivity index (χ2n) is 5.99. The molecule has 0 aliphatic heterocycles. The number of hydrogen-bond donors (Lipinski definition) is 1. The highest BCUT2D eigenvalue weighted by atomic mass is 32.2. The molecule has 0 aliphatic rings. The lowest BCUT2D eigenvalue weighted by Crippen LogP contribution is -2.02. The number of thioether (sulfide) groups is 1. The molecule has 0 bridgehead atoms. The molecule has 0 amide bonds. The van der Waals surface area contributed by atoms with Crippen LogP contribution in [0.3, 0.4) is 0 Å². The van der Waals surface area contributed by atoms with Crippen molar-refractivity contribution in [3.05, 3.63) is 58.1 Å². The van der Waals surface area contributed by atoms with Crippen molar-refractivity contribution in [1.29, 1.82) is 0 Å². The van der Waals surface area contributed by atoms with Crippen LogP contribution in [-0.4, -0.2) is 19.9 Å². The Labute approximate surface area is 158 Å². The minimum Gasteiger partial charge on any atom is -0.508 e. The lowest BCUT2D eigenvalue weighted by molar-refractivity contribution is 0.468. The molecule has 3 aromatic heterocycles. The van der Waals surface area contributed by atoms with Crippen LogP contribution in [0.1, 0.15) is 18.1 Å². The van der Waals surface area contributed by atoms with Crippen molar-refractivity contribution in [2.45, 2.75) is 31.3 Å². The summed E-state index contributed by atoms with van der Waals surface area (Å²) in [5, 5.41) is 19.9. The van der Waals surface area contributed by atoms with E-state index in [0.717, 1.165) is 16.1 Å². The van der Waals surface area contributed by atoms with E-state index in [4.69, 9.17) is 8.83 Å². The summed E-state index contributed by atoms with van der Waals surface area (Å²) in [7, 11) is 0. The van der Waals surface area contributed by atoms with Crippen molar-refractivity contribution in [2.24, 2.45) is 0 Å². The van der Waals surface area contributed by atoms with Gasteiger partial charge >= 0.3 is 5.63 Å². The first-order chi connectivity index (χ1) is 13.1. The van der Waals surface area contributed by atoms with Gasteiger partial charge in [0.15, 0.2) is 16.7 Å². The number of furan rings is 1. The number of nitrogens with zero attached hydrogens (tertiary/aromatic N) is 3. The van der Waals surface area contributed by atoms with Gasteiger partial charge in [-0.25, -0.2) is 4.79 Å². The predicted molar refractivity (Wildman–Crippen MR) is 102 cm³/mol. The molecule has 8 heteroatoms. The maximum Gasteiger partial charge on any atom is 0.336 e. The van der Waals surface area contributed by atoms with Crippen molar-refractivity contribution in [1.82, 2.24) is 14.8 Å². The molecule has 0 fully saturated rings. The van der Waals surface area contributed by atoms with Gasteiger partial charge < -0.3 is 13.9 Å². The molecule has 7 nitrogen and oxygen atoms in total. The molecule has 0 radical (unpaired) electrons. The smallest absolute Gasteiger partial charge is 0.336 e. The number of aromatic nitrogens is 3. The average Bonchev–Trinajstić information content (AvgIpc) is 3.32. The first-order valence-corrected chi connectivity index (χ1v) is 9.42. The molecule has 4 rings (SSSR count). The van der Waals surface area contributed by atoms with Crippen LogP contribution in [0.4, 0.5) is 0 Å². The molecule has 0 saturated heterocycles. The number of aryl methyl sites for hydroxylation is 1. The van der Waals surface area contributed by atoms with Crippen LogP contribution in [0.25, 0.3) is 22.6 Å². The predicted octanol–water partition coefficient (Wildman–Crippen LogP) is 3.97. The molecule has 0 atom stereocenters. The molecular weight excluding hydrogens is 366 g/mol. The fourth-order valence-corrected chi connectivity index (χ4v) is 3.94. The number of fused-ring (bicyclic) bond motifs is 1. The Hall–Kier alpha value is -3.00. The van der Waals surface area contributed by atoms with Crippen LogP contribution in [0.2, 0.25) is 0 Å². The Morgan fingerprint density at radius 3 is 2.85 bits per heavy atom. The largest absolute Gasteiger partial charge is 0.508 e. The summed E-state index contributed by atoms with van der Waals surface area (Å²) in [4.78, 5) is 12.0. The Kier molecular flexibility index (Phi) is 4.49. The Morgan fingerprint density at radius 1 is 1.26 bits per heavy atom. The highest BCUT2D eigenvalue weighted by molar-refractivity contribution is 7.98. The molecule has 0 aliphatic carbocycles. The Morgan fingerprint density at radius 2 is 2.11 bits per heavy atom. The molecule has 3 heterocycles. The number of phenols is 1. The van der Waals surface area contributed by atoms with Gasteiger partial charge in [-0.1, -0.05) is 11.8 Å². The van der Waals surface area contributed by atoms with Gasteiger partial charge in [-0.15, -0.1) is 10.2 Å². The molecule has 4 aromatic rings. The number of rotatable bonds is 5. The third-order valence-corrected chi connectivity index (χ3v) is 5.36. The van der Waals surface area contributed by atoms with Gasteiger partial charge in [0, 0.05) is 29.3 Å². The minimum atomic E-state index is -0.444. The summed E-state index contributed by atoms with van der Waals surface area (Å²) < 4.78 is 12.7. The number of phenolic OH excluding ortho intramolecular Hbond substituents is 1. The van der Waals surface area contributed by atoms with E-state index in [2.05, 4.69) is 10.2 Å². The highest BCUT2D eigenvalue weighted by Gasteiger charge is 2.16. The molecule has 27 heavy (non-hydrogen) atoms. The molecule has 138 valence electrons. The monoisotopic (exact) mass is 383 g/mol. The van der Waals surface area contributed by atoms with Crippen LogP contribution in [0.15, 0.2) is 55.4 Å². The molecule has 0 unspecified atom stereocenters. The van der Waals surface area contributed by atoms with Gasteiger partial charge in [0.05, 0.1) is 6.26 Å². The van der Waals surface area contributed by atoms with E-state index in [-0.39, 0.29) is 5.75 Å². The molecule has 1 aromatic carbocycles. The van der Waals surface area contributed by atoms with Crippen molar-refractivity contribution in [3.63, 3.8) is 0 Å². The minimum absolute atomic E-state index is 0.101. The second-order valence-corrected chi connectivity index (χ2v) is 6.94. The van der Waals surface area contributed by atoms with E-state index in [1.165, 1.54) is 17.8 Å². The van der Waals surface area contributed by atoms with Gasteiger partial charge in [0.1, 0.15) is 11.3 Å². The van der Waals surface area contributed by atoms with Crippen molar-refractivity contribution in [2.75, 3.05) is 0 Å². The number of benzene rings is 1. The third-order valence-electron chi connectivity index (χ3n) is 4.35. The SMILES string of the molecule is CCn1c(SCc2cc(=O)oc3c(C)c(O)ccc23)nnc1-c1ccco1. The molecule has 1 N–H and O–H groups in total. The van der Waals surface area contributed by atoms with Crippen LogP contribution in [0.5, 0.6) is 5.75 Å². The summed E-state index contributed by atoms with van der Waals surface area (Å²) in [6.07, 6.45) is 1.60. The summed E-state index contributed by atoms with van der Waals surface area (Å²) in [5.74, 6) is 1.95. The molecule has 0 spiro atoms. The van der Waals surface area contributed by atoms with E-state index in [1.807, 2.05) is 23.6 Å². The van der Waals surface area contributed by atoms with Crippen molar-refractivity contribution >= 4 is 22.7 Å². The number of hydrogen-bond acceptors (Lipinski definition) is 7. The second kappa shape index (κ2) is 6.96. The van der Waals surface area contributed by atoms with E-state index in [9.17, 15) is 9.90 Å². The zero-order valence-corrected chi connectivity index (χ0v) is 15.6. The fraction of sp³-hybridized carbons (Fsp3) is 0.211. The van der Waals surface area contributed by atoms with Crippen molar-refractivity contribution < 1.29 is 13.9 Å². The van der Waals surface area contributed by atoms with Crippen LogP contribution in [-0.2, 0) is 12.3 Å². The highest BCUT2D eigenvalue weighted by Crippen LogP contribution is 2.31.